The molecule has 2 N–H and O–H groups in total. The summed E-state index contributed by atoms with van der Waals surface area (Å²) >= 11 is 0. The molecular formula is C11H13ClF3NO. The summed E-state index contributed by atoms with van der Waals surface area (Å²) in [5, 5.41) is 0. The van der Waals surface area contributed by atoms with Gasteiger partial charge < -0.3 is 10.5 Å². The Morgan fingerprint density at radius 1 is 1.29 bits per heavy atom. The predicted molar refractivity (Wildman–Crippen MR) is 60.0 cm³/mol. The van der Waals surface area contributed by atoms with Gasteiger partial charge in [0.25, 0.3) is 0 Å². The first-order valence-corrected chi connectivity index (χ1v) is 5.07. The Labute approximate surface area is 103 Å². The number of ether oxygens (including phenoxy) is 1. The van der Waals surface area contributed by atoms with Crippen LogP contribution in [-0.2, 0) is 0 Å². The van der Waals surface area contributed by atoms with E-state index in [1.807, 2.05) is 0 Å². The molecule has 17 heavy (non-hydrogen) atoms. The van der Waals surface area contributed by atoms with Gasteiger partial charge in [-0.05, 0) is 36.5 Å². The molecule has 0 aliphatic heterocycles. The summed E-state index contributed by atoms with van der Waals surface area (Å²) in [6, 6.07) is 5.70. The van der Waals surface area contributed by atoms with Gasteiger partial charge in [-0.25, -0.2) is 0 Å². The van der Waals surface area contributed by atoms with E-state index >= 15 is 0 Å². The van der Waals surface area contributed by atoms with E-state index in [-0.39, 0.29) is 24.2 Å². The number of rotatable bonds is 3. The third kappa shape index (κ3) is 4.09. The Hall–Kier alpha value is -0.940. The molecule has 6 heteroatoms. The molecule has 1 aromatic carbocycles. The first kappa shape index (κ1) is 14.1. The summed E-state index contributed by atoms with van der Waals surface area (Å²) in [6.45, 7) is 0. The first-order valence-electron chi connectivity index (χ1n) is 5.07. The maximum Gasteiger partial charge on any atom is 0.573 e. The maximum atomic E-state index is 12.0. The first-order chi connectivity index (χ1) is 7.46. The molecule has 2 rings (SSSR count). The summed E-state index contributed by atoms with van der Waals surface area (Å²) in [6.07, 6.45) is -2.56. The topological polar surface area (TPSA) is 35.2 Å². The summed E-state index contributed by atoms with van der Waals surface area (Å²) in [5.74, 6) is 0.197. The van der Waals surface area contributed by atoms with Gasteiger partial charge >= 0.3 is 6.36 Å². The molecule has 0 bridgehead atoms. The zero-order valence-corrected chi connectivity index (χ0v) is 9.72. The third-order valence-corrected chi connectivity index (χ3v) is 2.61. The molecular weight excluding hydrogens is 255 g/mol. The van der Waals surface area contributed by atoms with E-state index in [4.69, 9.17) is 5.73 Å². The normalized spacial score (nSPS) is 17.2. The van der Waals surface area contributed by atoms with E-state index < -0.39 is 6.36 Å². The highest BCUT2D eigenvalue weighted by Gasteiger charge is 2.32. The number of alkyl halides is 3. The van der Waals surface area contributed by atoms with Crippen molar-refractivity contribution in [2.45, 2.75) is 25.2 Å². The average Bonchev–Trinajstić information content (AvgIpc) is 2.97. The van der Waals surface area contributed by atoms with Gasteiger partial charge in [0.2, 0.25) is 0 Å². The average molecular weight is 268 g/mol. The van der Waals surface area contributed by atoms with Crippen LogP contribution in [-0.4, -0.2) is 6.36 Å². The molecule has 0 unspecified atom stereocenters. The summed E-state index contributed by atoms with van der Waals surface area (Å²) < 4.78 is 39.8. The third-order valence-electron chi connectivity index (χ3n) is 2.61. The van der Waals surface area contributed by atoms with E-state index in [1.165, 1.54) is 18.2 Å². The van der Waals surface area contributed by atoms with E-state index in [1.54, 1.807) is 6.07 Å². The number of benzene rings is 1. The molecule has 96 valence electrons. The van der Waals surface area contributed by atoms with Crippen molar-refractivity contribution in [3.05, 3.63) is 29.8 Å². The maximum absolute atomic E-state index is 12.0. The molecule has 1 fully saturated rings. The number of hydrogen-bond donors (Lipinski definition) is 1. The summed E-state index contributed by atoms with van der Waals surface area (Å²) in [7, 11) is 0. The van der Waals surface area contributed by atoms with Crippen LogP contribution in [0.1, 0.15) is 24.4 Å². The van der Waals surface area contributed by atoms with Crippen molar-refractivity contribution in [1.82, 2.24) is 0 Å². The summed E-state index contributed by atoms with van der Waals surface area (Å²) in [5.41, 5.74) is 6.59. The van der Waals surface area contributed by atoms with E-state index in [0.717, 1.165) is 12.8 Å². The van der Waals surface area contributed by atoms with Crippen LogP contribution in [0.25, 0.3) is 0 Å². The lowest BCUT2D eigenvalue weighted by Crippen LogP contribution is -2.18. The Balaban J connectivity index is 0.00000144. The lowest BCUT2D eigenvalue weighted by molar-refractivity contribution is -0.274. The minimum absolute atomic E-state index is 0. The van der Waals surface area contributed by atoms with Gasteiger partial charge in [0.15, 0.2) is 0 Å². The Bertz CT molecular complexity index is 379. The van der Waals surface area contributed by atoms with Crippen molar-refractivity contribution >= 4 is 12.4 Å². The Morgan fingerprint density at radius 2 is 1.94 bits per heavy atom. The molecule has 1 aliphatic rings. The van der Waals surface area contributed by atoms with Crippen molar-refractivity contribution in [1.29, 1.82) is 0 Å². The molecule has 0 saturated heterocycles. The van der Waals surface area contributed by atoms with Gasteiger partial charge in [0.1, 0.15) is 5.75 Å². The molecule has 0 heterocycles. The van der Waals surface area contributed by atoms with Gasteiger partial charge in [-0.3, -0.25) is 0 Å². The highest BCUT2D eigenvalue weighted by atomic mass is 35.5. The molecule has 1 aliphatic carbocycles. The van der Waals surface area contributed by atoms with Gasteiger partial charge in [0.05, 0.1) is 0 Å². The minimum atomic E-state index is -4.65. The molecule has 0 amide bonds. The fraction of sp³-hybridized carbons (Fsp3) is 0.455. The van der Waals surface area contributed by atoms with Crippen molar-refractivity contribution in [2.24, 2.45) is 11.7 Å². The van der Waals surface area contributed by atoms with Crippen molar-refractivity contribution in [3.63, 3.8) is 0 Å². The monoisotopic (exact) mass is 267 g/mol. The van der Waals surface area contributed by atoms with Crippen LogP contribution in [0.15, 0.2) is 24.3 Å². The van der Waals surface area contributed by atoms with E-state index in [0.29, 0.717) is 11.5 Å². The largest absolute Gasteiger partial charge is 0.573 e. The quantitative estimate of drug-likeness (QED) is 0.911. The van der Waals surface area contributed by atoms with E-state index in [9.17, 15) is 13.2 Å². The minimum Gasteiger partial charge on any atom is -0.406 e. The Morgan fingerprint density at radius 3 is 2.47 bits per heavy atom. The molecule has 0 aromatic heterocycles. The van der Waals surface area contributed by atoms with Crippen LogP contribution >= 0.6 is 12.4 Å². The van der Waals surface area contributed by atoms with Gasteiger partial charge in [-0.15, -0.1) is 25.6 Å². The van der Waals surface area contributed by atoms with Crippen LogP contribution < -0.4 is 10.5 Å². The van der Waals surface area contributed by atoms with Crippen LogP contribution in [0.4, 0.5) is 13.2 Å². The zero-order chi connectivity index (χ0) is 11.8. The molecule has 1 saturated carbocycles. The second-order valence-corrected chi connectivity index (χ2v) is 3.98. The van der Waals surface area contributed by atoms with Crippen molar-refractivity contribution in [2.75, 3.05) is 0 Å². The predicted octanol–water partition coefficient (Wildman–Crippen LogP) is 3.42. The highest BCUT2D eigenvalue weighted by molar-refractivity contribution is 5.85. The van der Waals surface area contributed by atoms with Crippen molar-refractivity contribution in [3.8, 4) is 5.75 Å². The number of halogens is 4. The molecule has 1 atom stereocenters. The second-order valence-electron chi connectivity index (χ2n) is 3.98. The zero-order valence-electron chi connectivity index (χ0n) is 8.91. The van der Waals surface area contributed by atoms with Crippen molar-refractivity contribution < 1.29 is 17.9 Å². The van der Waals surface area contributed by atoms with Gasteiger partial charge in [0, 0.05) is 6.04 Å². The van der Waals surface area contributed by atoms with E-state index in [2.05, 4.69) is 4.74 Å². The van der Waals surface area contributed by atoms with Gasteiger partial charge in [-0.1, -0.05) is 12.1 Å². The van der Waals surface area contributed by atoms with Crippen LogP contribution in [0.2, 0.25) is 0 Å². The lowest BCUT2D eigenvalue weighted by Gasteiger charge is -2.13. The SMILES string of the molecule is Cl.N[C@H](c1cccc(OC(F)(F)F)c1)C1CC1. The molecule has 0 spiro atoms. The molecule has 1 aromatic rings. The lowest BCUT2D eigenvalue weighted by atomic mass is 10.0. The fourth-order valence-corrected chi connectivity index (χ4v) is 1.65. The van der Waals surface area contributed by atoms with Crippen LogP contribution in [0.3, 0.4) is 0 Å². The fourth-order valence-electron chi connectivity index (χ4n) is 1.65. The number of nitrogens with two attached hydrogens (primary N) is 1. The molecule has 2 nitrogen and oxygen atoms in total. The number of hydrogen-bond acceptors (Lipinski definition) is 2. The summed E-state index contributed by atoms with van der Waals surface area (Å²) in [4.78, 5) is 0. The molecule has 0 radical (unpaired) electrons. The Kier molecular flexibility index (Phi) is 4.27. The highest BCUT2D eigenvalue weighted by Crippen LogP contribution is 2.40. The smallest absolute Gasteiger partial charge is 0.406 e. The van der Waals surface area contributed by atoms with Crippen LogP contribution in [0.5, 0.6) is 5.75 Å². The van der Waals surface area contributed by atoms with Crippen LogP contribution in [0, 0.1) is 5.92 Å². The second kappa shape index (κ2) is 5.14. The van der Waals surface area contributed by atoms with Gasteiger partial charge in [-0.2, -0.15) is 0 Å². The standard InChI is InChI=1S/C11H12F3NO.ClH/c12-11(13,14)16-9-3-1-2-8(6-9)10(15)7-4-5-7;/h1-3,6-7,10H,4-5,15H2;1H/t10-;/m0./s1.